The molecule has 0 radical (unpaired) electrons. The predicted molar refractivity (Wildman–Crippen MR) is 125 cm³/mol. The summed E-state index contributed by atoms with van der Waals surface area (Å²) in [5, 5.41) is 0. The van der Waals surface area contributed by atoms with E-state index in [2.05, 4.69) is 32.9 Å². The van der Waals surface area contributed by atoms with E-state index in [9.17, 15) is 4.79 Å². The third-order valence-electron chi connectivity index (χ3n) is 5.14. The molecule has 1 atom stereocenters. The summed E-state index contributed by atoms with van der Waals surface area (Å²) in [4.78, 5) is 12.3. The van der Waals surface area contributed by atoms with Crippen LogP contribution in [0, 0.1) is 5.92 Å². The lowest BCUT2D eigenvalue weighted by Crippen LogP contribution is -2.17. The van der Waals surface area contributed by atoms with Gasteiger partial charge in [0.15, 0.2) is 0 Å². The van der Waals surface area contributed by atoms with Crippen LogP contribution in [0.3, 0.4) is 0 Å². The molecule has 30 heavy (non-hydrogen) atoms. The quantitative estimate of drug-likeness (QED) is 0.474. The van der Waals surface area contributed by atoms with Crippen molar-refractivity contribution < 1.29 is 14.3 Å². The highest BCUT2D eigenvalue weighted by molar-refractivity contribution is 5.90. The predicted octanol–water partition coefficient (Wildman–Crippen LogP) is 7.24. The maximum atomic E-state index is 12.3. The van der Waals surface area contributed by atoms with Gasteiger partial charge in [-0.2, -0.15) is 0 Å². The van der Waals surface area contributed by atoms with Gasteiger partial charge in [-0.1, -0.05) is 69.7 Å². The zero-order chi connectivity index (χ0) is 21.9. The topological polar surface area (TPSA) is 35.5 Å². The van der Waals surface area contributed by atoms with Gasteiger partial charge in [0.1, 0.15) is 11.9 Å². The average molecular weight is 407 g/mol. The molecular weight excluding hydrogens is 372 g/mol. The second-order valence-corrected chi connectivity index (χ2v) is 7.84. The number of esters is 1. The van der Waals surface area contributed by atoms with E-state index in [1.807, 2.05) is 49.4 Å². The Labute approximate surface area is 181 Å². The molecule has 1 aliphatic carbocycles. The lowest BCUT2D eigenvalue weighted by atomic mass is 10.0. The van der Waals surface area contributed by atoms with Crippen molar-refractivity contribution >= 4 is 5.97 Å². The van der Waals surface area contributed by atoms with Crippen molar-refractivity contribution in [2.24, 2.45) is 5.92 Å². The summed E-state index contributed by atoms with van der Waals surface area (Å²) >= 11 is 0. The first kappa shape index (κ1) is 23.5. The normalized spacial score (nSPS) is 13.7. The molecule has 0 bridgehead atoms. The van der Waals surface area contributed by atoms with Crippen LogP contribution in [0.1, 0.15) is 57.3 Å². The first-order valence-electron chi connectivity index (χ1n) is 10.8. The maximum absolute atomic E-state index is 12.3. The molecule has 0 spiro atoms. The average Bonchev–Trinajstić information content (AvgIpc) is 2.80. The number of carbonyl (C=O) groups excluding carboxylic acids is 1. The first-order chi connectivity index (χ1) is 14.4. The van der Waals surface area contributed by atoms with Gasteiger partial charge in [-0.15, -0.1) is 0 Å². The van der Waals surface area contributed by atoms with Crippen molar-refractivity contribution in [1.29, 1.82) is 0 Å². The molecule has 160 valence electrons. The van der Waals surface area contributed by atoms with Crippen LogP contribution in [0.25, 0.3) is 11.1 Å². The molecule has 0 amide bonds. The van der Waals surface area contributed by atoms with Gasteiger partial charge in [0, 0.05) is 0 Å². The van der Waals surface area contributed by atoms with E-state index in [0.717, 1.165) is 41.2 Å². The Bertz CT molecular complexity index is 843. The lowest BCUT2D eigenvalue weighted by Gasteiger charge is -2.16. The van der Waals surface area contributed by atoms with Gasteiger partial charge in [0.2, 0.25) is 0 Å². The summed E-state index contributed by atoms with van der Waals surface area (Å²) in [7, 11) is 1.65. The number of rotatable bonds is 6. The minimum absolute atomic E-state index is 0.231. The minimum Gasteiger partial charge on any atom is -0.497 e. The fraction of sp³-hybridized carbons (Fsp3) is 0.370. The van der Waals surface area contributed by atoms with Crippen molar-refractivity contribution in [1.82, 2.24) is 0 Å². The smallest absolute Gasteiger partial charge is 0.338 e. The molecule has 0 aromatic heterocycles. The van der Waals surface area contributed by atoms with E-state index >= 15 is 0 Å². The van der Waals surface area contributed by atoms with Crippen molar-refractivity contribution in [3.63, 3.8) is 0 Å². The van der Waals surface area contributed by atoms with E-state index in [1.54, 1.807) is 19.2 Å². The summed E-state index contributed by atoms with van der Waals surface area (Å²) in [5.41, 5.74) is 3.75. The van der Waals surface area contributed by atoms with Crippen molar-refractivity contribution in [2.75, 3.05) is 7.11 Å². The number of allylic oxidation sites excluding steroid dienone is 2. The van der Waals surface area contributed by atoms with Crippen LogP contribution in [-0.2, 0) is 4.74 Å². The SMILES string of the molecule is CCC(C)C.COc1ccc(-c2ccc(C(=O)OC(C)C3=CCCC=C3)cc2)cc1. The van der Waals surface area contributed by atoms with Crippen LogP contribution < -0.4 is 4.74 Å². The number of methoxy groups -OCH3 is 1. The van der Waals surface area contributed by atoms with Crippen molar-refractivity contribution in [2.45, 2.75) is 53.1 Å². The molecule has 0 fully saturated rings. The standard InChI is InChI=1S/C22H22O3.C5H12/c1-16(17-6-4-3-5-7-17)25-22(23)20-10-8-18(9-11-20)19-12-14-21(24-2)15-13-19;1-4-5(2)3/h4,6-16H,3,5H2,1-2H3;5H,4H2,1-3H3. The van der Waals surface area contributed by atoms with Crippen LogP contribution in [-0.4, -0.2) is 19.2 Å². The van der Waals surface area contributed by atoms with Crippen LogP contribution in [0.5, 0.6) is 5.75 Å². The highest BCUT2D eigenvalue weighted by Gasteiger charge is 2.15. The monoisotopic (exact) mass is 406 g/mol. The zero-order valence-electron chi connectivity index (χ0n) is 18.9. The Morgan fingerprint density at radius 1 is 0.933 bits per heavy atom. The Morgan fingerprint density at radius 3 is 1.97 bits per heavy atom. The number of hydrogen-bond donors (Lipinski definition) is 0. The minimum atomic E-state index is -0.298. The summed E-state index contributed by atoms with van der Waals surface area (Å²) in [6.07, 6.45) is 9.41. The largest absolute Gasteiger partial charge is 0.497 e. The fourth-order valence-corrected chi connectivity index (χ4v) is 2.81. The van der Waals surface area contributed by atoms with Gasteiger partial charge in [-0.3, -0.25) is 0 Å². The molecule has 2 aromatic carbocycles. The second-order valence-electron chi connectivity index (χ2n) is 7.84. The molecule has 3 nitrogen and oxygen atoms in total. The molecule has 0 saturated heterocycles. The Hall–Kier alpha value is -2.81. The zero-order valence-corrected chi connectivity index (χ0v) is 18.9. The molecule has 0 N–H and O–H groups in total. The van der Waals surface area contributed by atoms with E-state index in [1.165, 1.54) is 6.42 Å². The molecule has 0 heterocycles. The highest BCUT2D eigenvalue weighted by Crippen LogP contribution is 2.23. The Morgan fingerprint density at radius 2 is 1.50 bits per heavy atom. The molecule has 1 unspecified atom stereocenters. The van der Waals surface area contributed by atoms with Crippen molar-refractivity contribution in [3.8, 4) is 16.9 Å². The summed E-state index contributed by atoms with van der Waals surface area (Å²) in [6, 6.07) is 15.3. The molecule has 3 rings (SSSR count). The Balaban J connectivity index is 0.000000575. The molecule has 0 saturated carbocycles. The van der Waals surface area contributed by atoms with Crippen molar-refractivity contribution in [3.05, 3.63) is 77.9 Å². The number of hydrogen-bond acceptors (Lipinski definition) is 3. The third-order valence-corrected chi connectivity index (χ3v) is 5.14. The molecular formula is C27H34O3. The van der Waals surface area contributed by atoms with Gasteiger partial charge in [-0.05, 0) is 66.6 Å². The van der Waals surface area contributed by atoms with Gasteiger partial charge in [0.25, 0.3) is 0 Å². The number of ether oxygens (including phenoxy) is 2. The van der Waals surface area contributed by atoms with E-state index in [0.29, 0.717) is 5.56 Å². The third kappa shape index (κ3) is 7.22. The first-order valence-corrected chi connectivity index (χ1v) is 10.8. The highest BCUT2D eigenvalue weighted by atomic mass is 16.5. The molecule has 1 aliphatic rings. The molecule has 0 aliphatic heterocycles. The van der Waals surface area contributed by atoms with E-state index in [4.69, 9.17) is 9.47 Å². The van der Waals surface area contributed by atoms with Gasteiger partial charge < -0.3 is 9.47 Å². The van der Waals surface area contributed by atoms with Gasteiger partial charge in [-0.25, -0.2) is 4.79 Å². The van der Waals surface area contributed by atoms with Gasteiger partial charge >= 0.3 is 5.97 Å². The van der Waals surface area contributed by atoms with Crippen LogP contribution in [0.15, 0.2) is 72.3 Å². The number of benzene rings is 2. The van der Waals surface area contributed by atoms with Gasteiger partial charge in [0.05, 0.1) is 12.7 Å². The van der Waals surface area contributed by atoms with Crippen LogP contribution in [0.4, 0.5) is 0 Å². The van der Waals surface area contributed by atoms with E-state index < -0.39 is 0 Å². The van der Waals surface area contributed by atoms with E-state index in [-0.39, 0.29) is 12.1 Å². The molecule has 2 aromatic rings. The second kappa shape index (κ2) is 12.0. The number of carbonyl (C=O) groups is 1. The van der Waals surface area contributed by atoms with Crippen LogP contribution >= 0.6 is 0 Å². The lowest BCUT2D eigenvalue weighted by molar-refractivity contribution is 0.0411. The summed E-state index contributed by atoms with van der Waals surface area (Å²) in [6.45, 7) is 8.55. The summed E-state index contributed by atoms with van der Waals surface area (Å²) < 4.78 is 10.7. The maximum Gasteiger partial charge on any atom is 0.338 e. The fourth-order valence-electron chi connectivity index (χ4n) is 2.81. The molecule has 3 heteroatoms. The Kier molecular flexibility index (Phi) is 9.40. The summed E-state index contributed by atoms with van der Waals surface area (Å²) in [5.74, 6) is 1.41. The van der Waals surface area contributed by atoms with Crippen LogP contribution in [0.2, 0.25) is 0 Å².